The second-order valence-corrected chi connectivity index (χ2v) is 6.10. The van der Waals surface area contributed by atoms with Crippen molar-refractivity contribution in [3.8, 4) is 12.1 Å². The fourth-order valence-electron chi connectivity index (χ4n) is 3.11. The van der Waals surface area contributed by atoms with Crippen LogP contribution in [0, 0.1) is 22.7 Å². The van der Waals surface area contributed by atoms with Crippen LogP contribution >= 0.6 is 0 Å². The summed E-state index contributed by atoms with van der Waals surface area (Å²) in [7, 11) is 0. The Labute approximate surface area is 169 Å². The van der Waals surface area contributed by atoms with Gasteiger partial charge in [0, 0.05) is 0 Å². The number of carbonyl (C=O) groups is 2. The molecule has 0 saturated heterocycles. The van der Waals surface area contributed by atoms with Crippen LogP contribution in [0.15, 0.2) is 36.4 Å². The molecule has 0 radical (unpaired) electrons. The molecule has 2 N–H and O–H groups in total. The summed E-state index contributed by atoms with van der Waals surface area (Å²) in [5.74, 6) is -3.40. The topological polar surface area (TPSA) is 122 Å². The molecule has 0 aromatic heterocycles. The summed E-state index contributed by atoms with van der Waals surface area (Å²) >= 11 is 0. The molecule has 0 unspecified atom stereocenters. The lowest BCUT2D eigenvalue weighted by atomic mass is 9.69. The monoisotopic (exact) mass is 442 g/mol. The van der Waals surface area contributed by atoms with Gasteiger partial charge in [0.15, 0.2) is 0 Å². The van der Waals surface area contributed by atoms with Crippen molar-refractivity contribution in [1.82, 2.24) is 0 Å². The first-order chi connectivity index (χ1) is 14.2. The molecule has 160 valence electrons. The lowest BCUT2D eigenvalue weighted by Gasteiger charge is -2.39. The van der Waals surface area contributed by atoms with Gasteiger partial charge >= 0.3 is 24.3 Å². The van der Waals surface area contributed by atoms with Crippen LogP contribution in [0.2, 0.25) is 0 Å². The van der Waals surface area contributed by atoms with E-state index in [4.69, 9.17) is 10.2 Å². The second-order valence-electron chi connectivity index (χ2n) is 6.10. The lowest BCUT2D eigenvalue weighted by molar-refractivity contribution is -0.288. The summed E-state index contributed by atoms with van der Waals surface area (Å²) in [5.41, 5.74) is -12.2. The molecule has 0 aliphatic carbocycles. The van der Waals surface area contributed by atoms with Crippen molar-refractivity contribution < 1.29 is 46.1 Å². The number of hydrogen-bond acceptors (Lipinski definition) is 4. The molecule has 0 aliphatic heterocycles. The third-order valence-electron chi connectivity index (χ3n) is 4.43. The summed E-state index contributed by atoms with van der Waals surface area (Å²) < 4.78 is 85.3. The molecule has 2 aromatic rings. The molecule has 2 aromatic carbocycles. The van der Waals surface area contributed by atoms with E-state index in [1.54, 1.807) is 0 Å². The number of aromatic carboxylic acids is 2. The molecule has 0 bridgehead atoms. The van der Waals surface area contributed by atoms with Gasteiger partial charge in [-0.3, -0.25) is 0 Å². The van der Waals surface area contributed by atoms with Crippen molar-refractivity contribution in [2.75, 3.05) is 0 Å². The predicted octanol–water partition coefficient (Wildman–Crippen LogP) is 4.24. The maximum atomic E-state index is 14.2. The van der Waals surface area contributed by atoms with E-state index in [2.05, 4.69) is 0 Å². The van der Waals surface area contributed by atoms with E-state index in [1.165, 1.54) is 0 Å². The summed E-state index contributed by atoms with van der Waals surface area (Å²) in [6.45, 7) is 0. The summed E-state index contributed by atoms with van der Waals surface area (Å²) in [6, 6.07) is 4.30. The quantitative estimate of drug-likeness (QED) is 0.683. The summed E-state index contributed by atoms with van der Waals surface area (Å²) in [5, 5.41) is 36.3. The molecule has 12 heteroatoms. The first-order valence-corrected chi connectivity index (χ1v) is 7.91. The number of hydrogen-bond donors (Lipinski definition) is 2. The smallest absolute Gasteiger partial charge is 0.411 e. The Hall–Kier alpha value is -4.06. The first-order valence-electron chi connectivity index (χ1n) is 7.91. The van der Waals surface area contributed by atoms with Crippen molar-refractivity contribution in [1.29, 1.82) is 10.5 Å². The maximum absolute atomic E-state index is 14.2. The highest BCUT2D eigenvalue weighted by Crippen LogP contribution is 2.57. The maximum Gasteiger partial charge on any atom is 0.411 e. The van der Waals surface area contributed by atoms with E-state index < -0.39 is 63.1 Å². The first kappa shape index (κ1) is 23.2. The molecule has 0 atom stereocenters. The van der Waals surface area contributed by atoms with Gasteiger partial charge in [-0.15, -0.1) is 0 Å². The number of carboxylic acid groups (broad SMARTS) is 2. The number of nitriles is 2. The molecule has 0 fully saturated rings. The minimum absolute atomic E-state index is 0.204. The molecule has 0 spiro atoms. The Bertz CT molecular complexity index is 1060. The van der Waals surface area contributed by atoms with Gasteiger partial charge in [0.25, 0.3) is 0 Å². The van der Waals surface area contributed by atoms with Gasteiger partial charge in [-0.05, 0) is 35.4 Å². The Kier molecular flexibility index (Phi) is 5.73. The highest BCUT2D eigenvalue weighted by atomic mass is 19.4. The molecule has 2 rings (SSSR count). The van der Waals surface area contributed by atoms with E-state index in [-0.39, 0.29) is 12.1 Å². The van der Waals surface area contributed by atoms with Crippen LogP contribution in [0.3, 0.4) is 0 Å². The average molecular weight is 442 g/mol. The van der Waals surface area contributed by atoms with Crippen molar-refractivity contribution >= 4 is 11.9 Å². The van der Waals surface area contributed by atoms with Crippen LogP contribution in [0.4, 0.5) is 26.3 Å². The Balaban J connectivity index is 3.13. The SMILES string of the molecule is N#Cc1cc(C(=O)O)ccc1C(c1ccc(C(=O)O)cc1C#N)(C(F)(F)F)C(F)(F)F. The fraction of sp³-hybridized carbons (Fsp3) is 0.158. The molecular weight excluding hydrogens is 434 g/mol. The number of benzene rings is 2. The number of rotatable bonds is 4. The molecule has 6 nitrogen and oxygen atoms in total. The molecule has 0 aliphatic rings. The zero-order valence-corrected chi connectivity index (χ0v) is 14.8. The normalized spacial score (nSPS) is 12.0. The molecular formula is C19H8F6N2O4. The summed E-state index contributed by atoms with van der Waals surface area (Å²) in [4.78, 5) is 22.1. The van der Waals surface area contributed by atoms with Crippen LogP contribution in [0.5, 0.6) is 0 Å². The number of carboxylic acids is 2. The van der Waals surface area contributed by atoms with E-state index in [9.17, 15) is 46.5 Å². The Morgan fingerprint density at radius 1 is 0.710 bits per heavy atom. The Morgan fingerprint density at radius 3 is 1.26 bits per heavy atom. The minimum atomic E-state index is -6.17. The van der Waals surface area contributed by atoms with Gasteiger partial charge in [0.2, 0.25) is 5.41 Å². The zero-order chi connectivity index (χ0) is 23.8. The van der Waals surface area contributed by atoms with Crippen LogP contribution in [0.1, 0.15) is 43.0 Å². The highest BCUT2D eigenvalue weighted by molar-refractivity contribution is 5.89. The van der Waals surface area contributed by atoms with Crippen LogP contribution in [-0.4, -0.2) is 34.5 Å². The fourth-order valence-corrected chi connectivity index (χ4v) is 3.11. The third-order valence-corrected chi connectivity index (χ3v) is 4.43. The van der Waals surface area contributed by atoms with Gasteiger partial charge in [-0.2, -0.15) is 36.9 Å². The third kappa shape index (κ3) is 3.64. The number of halogens is 6. The largest absolute Gasteiger partial charge is 0.478 e. The summed E-state index contributed by atoms with van der Waals surface area (Å²) in [6.07, 6.45) is -12.3. The zero-order valence-electron chi connectivity index (χ0n) is 14.8. The van der Waals surface area contributed by atoms with Crippen molar-refractivity contribution in [2.24, 2.45) is 0 Å². The predicted molar refractivity (Wildman–Crippen MR) is 89.1 cm³/mol. The van der Waals surface area contributed by atoms with Gasteiger partial charge in [0.05, 0.1) is 34.4 Å². The van der Waals surface area contributed by atoms with Gasteiger partial charge in [0.1, 0.15) is 0 Å². The highest BCUT2D eigenvalue weighted by Gasteiger charge is 2.73. The lowest BCUT2D eigenvalue weighted by Crippen LogP contribution is -2.55. The second kappa shape index (κ2) is 7.65. The molecule has 0 heterocycles. The number of alkyl halides is 6. The van der Waals surface area contributed by atoms with E-state index in [0.717, 1.165) is 12.1 Å². The molecule has 31 heavy (non-hydrogen) atoms. The standard InChI is InChI=1S/C19H8F6N2O4/c20-18(21,22)17(19(23,24)25,13-3-1-9(15(28)29)5-11(13)7-26)14-4-2-10(16(30)31)6-12(14)8-27/h1-6H,(H,28,29)(H,30,31). The van der Waals surface area contributed by atoms with Crippen molar-refractivity contribution in [3.63, 3.8) is 0 Å². The Morgan fingerprint density at radius 2 is 1.03 bits per heavy atom. The van der Waals surface area contributed by atoms with Gasteiger partial charge in [-0.25, -0.2) is 9.59 Å². The molecule has 0 saturated carbocycles. The van der Waals surface area contributed by atoms with E-state index in [1.807, 2.05) is 0 Å². The van der Waals surface area contributed by atoms with Crippen molar-refractivity contribution in [2.45, 2.75) is 17.8 Å². The van der Waals surface area contributed by atoms with Crippen LogP contribution in [-0.2, 0) is 5.41 Å². The van der Waals surface area contributed by atoms with E-state index >= 15 is 0 Å². The molecule has 0 amide bonds. The van der Waals surface area contributed by atoms with Crippen molar-refractivity contribution in [3.05, 3.63) is 69.8 Å². The number of nitrogens with zero attached hydrogens (tertiary/aromatic N) is 2. The average Bonchev–Trinajstić information content (AvgIpc) is 2.66. The van der Waals surface area contributed by atoms with E-state index in [0.29, 0.717) is 24.3 Å². The van der Waals surface area contributed by atoms with Gasteiger partial charge < -0.3 is 10.2 Å². The minimum Gasteiger partial charge on any atom is -0.478 e. The van der Waals surface area contributed by atoms with Crippen LogP contribution < -0.4 is 0 Å². The van der Waals surface area contributed by atoms with Crippen LogP contribution in [0.25, 0.3) is 0 Å². The van der Waals surface area contributed by atoms with Gasteiger partial charge in [-0.1, -0.05) is 12.1 Å².